The number of rotatable bonds is 8. The summed E-state index contributed by atoms with van der Waals surface area (Å²) in [6.07, 6.45) is 2.77. The molecule has 5 nitrogen and oxygen atoms in total. The van der Waals surface area contributed by atoms with Gasteiger partial charge in [-0.15, -0.1) is 0 Å². The average Bonchev–Trinajstić information content (AvgIpc) is 2.98. The zero-order valence-corrected chi connectivity index (χ0v) is 13.8. The van der Waals surface area contributed by atoms with Gasteiger partial charge in [0.25, 0.3) is 0 Å². The van der Waals surface area contributed by atoms with Gasteiger partial charge in [-0.3, -0.25) is 4.79 Å². The molecule has 0 atom stereocenters. The van der Waals surface area contributed by atoms with Crippen molar-refractivity contribution in [3.05, 3.63) is 22.4 Å². The van der Waals surface area contributed by atoms with Gasteiger partial charge in [-0.25, -0.2) is 0 Å². The number of amidine groups is 1. The molecule has 6 heteroatoms. The Morgan fingerprint density at radius 1 is 1.43 bits per heavy atom. The second kappa shape index (κ2) is 8.02. The van der Waals surface area contributed by atoms with Gasteiger partial charge in [0, 0.05) is 13.6 Å². The zero-order valence-electron chi connectivity index (χ0n) is 13.0. The first-order valence-corrected chi connectivity index (χ1v) is 8.20. The van der Waals surface area contributed by atoms with Crippen LogP contribution in [0.25, 0.3) is 0 Å². The van der Waals surface area contributed by atoms with Crippen LogP contribution in [0.15, 0.2) is 22.0 Å². The Bertz CT molecular complexity index is 465. The molecule has 0 spiro atoms. The van der Waals surface area contributed by atoms with Crippen molar-refractivity contribution in [2.75, 3.05) is 7.05 Å². The normalized spacial score (nSPS) is 12.4. The summed E-state index contributed by atoms with van der Waals surface area (Å²) in [5, 5.41) is 16.3. The summed E-state index contributed by atoms with van der Waals surface area (Å²) in [7, 11) is 1.77. The Balaban J connectivity index is 3.02. The molecule has 0 unspecified atom stereocenters. The van der Waals surface area contributed by atoms with E-state index >= 15 is 0 Å². The molecule has 1 aromatic rings. The van der Waals surface area contributed by atoms with Crippen LogP contribution in [0.5, 0.6) is 0 Å². The minimum atomic E-state index is -0.900. The minimum absolute atomic E-state index is 0.0216. The fraction of sp³-hybridized carbons (Fsp3) is 0.600. The summed E-state index contributed by atoms with van der Waals surface area (Å²) in [5.74, 6) is -0.0546. The van der Waals surface area contributed by atoms with E-state index in [4.69, 9.17) is 10.9 Å². The standard InChI is InChI=1S/C15H25N3O2S/c1-4-7-15(8-5-2,13(16)17-20)14(19)18(3)10-12-6-9-21-11-12/h6,9,11,20H,4-5,7-8,10H2,1-3H3,(H2,16,17). The lowest BCUT2D eigenvalue weighted by Crippen LogP contribution is -2.50. The van der Waals surface area contributed by atoms with Crippen molar-refractivity contribution >= 4 is 23.1 Å². The second-order valence-corrected chi connectivity index (χ2v) is 6.14. The summed E-state index contributed by atoms with van der Waals surface area (Å²) in [4.78, 5) is 14.6. The fourth-order valence-electron chi connectivity index (χ4n) is 2.75. The van der Waals surface area contributed by atoms with Gasteiger partial charge >= 0.3 is 0 Å². The topological polar surface area (TPSA) is 78.9 Å². The van der Waals surface area contributed by atoms with E-state index in [0.29, 0.717) is 19.4 Å². The van der Waals surface area contributed by atoms with Crippen LogP contribution in [0.1, 0.15) is 45.1 Å². The van der Waals surface area contributed by atoms with E-state index in [1.165, 1.54) is 0 Å². The molecule has 0 saturated heterocycles. The smallest absolute Gasteiger partial charge is 0.236 e. The number of carbonyl (C=O) groups excluding carboxylic acids is 1. The van der Waals surface area contributed by atoms with Gasteiger partial charge in [-0.05, 0) is 35.2 Å². The van der Waals surface area contributed by atoms with Gasteiger partial charge in [0.1, 0.15) is 5.41 Å². The number of hydrogen-bond acceptors (Lipinski definition) is 4. The first-order chi connectivity index (χ1) is 10.0. The second-order valence-electron chi connectivity index (χ2n) is 5.36. The van der Waals surface area contributed by atoms with Gasteiger partial charge in [0.05, 0.1) is 0 Å². The van der Waals surface area contributed by atoms with Crippen molar-refractivity contribution in [1.82, 2.24) is 4.90 Å². The first-order valence-electron chi connectivity index (χ1n) is 7.26. The number of nitrogens with zero attached hydrogens (tertiary/aromatic N) is 2. The molecule has 0 aliphatic carbocycles. The van der Waals surface area contributed by atoms with Gasteiger partial charge in [0.2, 0.25) is 5.91 Å². The molecule has 0 aliphatic rings. The summed E-state index contributed by atoms with van der Waals surface area (Å²) < 4.78 is 0. The summed E-state index contributed by atoms with van der Waals surface area (Å²) in [5.41, 5.74) is 6.09. The Hall–Kier alpha value is -1.56. The van der Waals surface area contributed by atoms with Gasteiger partial charge < -0.3 is 15.8 Å². The van der Waals surface area contributed by atoms with Gasteiger partial charge in [-0.1, -0.05) is 31.8 Å². The highest BCUT2D eigenvalue weighted by molar-refractivity contribution is 7.07. The van der Waals surface area contributed by atoms with Crippen LogP contribution >= 0.6 is 11.3 Å². The molecule has 21 heavy (non-hydrogen) atoms. The predicted molar refractivity (Wildman–Crippen MR) is 86.5 cm³/mol. The van der Waals surface area contributed by atoms with Crippen molar-refractivity contribution in [3.63, 3.8) is 0 Å². The van der Waals surface area contributed by atoms with Crippen LogP contribution in [0.3, 0.4) is 0 Å². The molecule has 1 aromatic heterocycles. The van der Waals surface area contributed by atoms with E-state index in [1.807, 2.05) is 30.7 Å². The summed E-state index contributed by atoms with van der Waals surface area (Å²) in [6.45, 7) is 4.54. The largest absolute Gasteiger partial charge is 0.409 e. The fourth-order valence-corrected chi connectivity index (χ4v) is 3.41. The average molecular weight is 311 g/mol. The summed E-state index contributed by atoms with van der Waals surface area (Å²) >= 11 is 1.61. The van der Waals surface area contributed by atoms with E-state index < -0.39 is 5.41 Å². The molecular weight excluding hydrogens is 286 g/mol. The maximum absolute atomic E-state index is 12.9. The van der Waals surface area contributed by atoms with Crippen molar-refractivity contribution in [2.24, 2.45) is 16.3 Å². The van der Waals surface area contributed by atoms with E-state index in [9.17, 15) is 4.79 Å². The maximum Gasteiger partial charge on any atom is 0.236 e. The Morgan fingerprint density at radius 3 is 2.48 bits per heavy atom. The molecule has 1 heterocycles. The van der Waals surface area contributed by atoms with E-state index in [0.717, 1.165) is 18.4 Å². The van der Waals surface area contributed by atoms with Crippen LogP contribution < -0.4 is 5.73 Å². The number of oxime groups is 1. The number of amides is 1. The molecular formula is C15H25N3O2S. The highest BCUT2D eigenvalue weighted by Crippen LogP contribution is 2.33. The molecule has 3 N–H and O–H groups in total. The van der Waals surface area contributed by atoms with Crippen LogP contribution in [0.4, 0.5) is 0 Å². The molecule has 0 bridgehead atoms. The maximum atomic E-state index is 12.9. The molecule has 1 amide bonds. The lowest BCUT2D eigenvalue weighted by Gasteiger charge is -2.34. The lowest BCUT2D eigenvalue weighted by atomic mass is 9.76. The SMILES string of the molecule is CCCC(CCC)(C(=O)N(C)Cc1ccsc1)C(N)=NO. The number of hydrogen-bond donors (Lipinski definition) is 2. The molecule has 0 saturated carbocycles. The van der Waals surface area contributed by atoms with Crippen molar-refractivity contribution in [3.8, 4) is 0 Å². The third-order valence-corrected chi connectivity index (χ3v) is 4.44. The number of nitrogens with two attached hydrogens (primary N) is 1. The van der Waals surface area contributed by atoms with E-state index in [2.05, 4.69) is 5.16 Å². The van der Waals surface area contributed by atoms with E-state index in [-0.39, 0.29) is 11.7 Å². The molecule has 0 aliphatic heterocycles. The monoisotopic (exact) mass is 311 g/mol. The van der Waals surface area contributed by atoms with Crippen molar-refractivity contribution in [2.45, 2.75) is 46.1 Å². The highest BCUT2D eigenvalue weighted by Gasteiger charge is 2.43. The van der Waals surface area contributed by atoms with Crippen LogP contribution in [-0.2, 0) is 11.3 Å². The number of carbonyl (C=O) groups is 1. The zero-order chi connectivity index (χ0) is 15.9. The number of thiophene rings is 1. The van der Waals surface area contributed by atoms with Gasteiger partial charge in [-0.2, -0.15) is 11.3 Å². The van der Waals surface area contributed by atoms with Gasteiger partial charge in [0.15, 0.2) is 5.84 Å². The first kappa shape index (κ1) is 17.5. The third-order valence-electron chi connectivity index (χ3n) is 3.71. The molecule has 0 aromatic carbocycles. The molecule has 0 radical (unpaired) electrons. The Labute approximate surface area is 130 Å². The summed E-state index contributed by atoms with van der Waals surface area (Å²) in [6, 6.07) is 2.00. The minimum Gasteiger partial charge on any atom is -0.409 e. The van der Waals surface area contributed by atoms with Crippen molar-refractivity contribution < 1.29 is 10.0 Å². The molecule has 1 rings (SSSR count). The van der Waals surface area contributed by atoms with Crippen LogP contribution in [0, 0.1) is 5.41 Å². The Morgan fingerprint density at radius 2 is 2.05 bits per heavy atom. The predicted octanol–water partition coefficient (Wildman–Crippen LogP) is 3.04. The van der Waals surface area contributed by atoms with Crippen molar-refractivity contribution in [1.29, 1.82) is 0 Å². The Kier molecular flexibility index (Phi) is 6.68. The van der Waals surface area contributed by atoms with E-state index in [1.54, 1.807) is 23.3 Å². The van der Waals surface area contributed by atoms with Crippen LogP contribution in [-0.4, -0.2) is 28.9 Å². The quantitative estimate of drug-likeness (QED) is 0.335. The van der Waals surface area contributed by atoms with Crippen LogP contribution in [0.2, 0.25) is 0 Å². The third kappa shape index (κ3) is 3.97. The molecule has 0 fully saturated rings. The molecule has 118 valence electrons. The highest BCUT2D eigenvalue weighted by atomic mass is 32.1. The lowest BCUT2D eigenvalue weighted by molar-refractivity contribution is -0.138.